The smallest absolute Gasteiger partial charge is 0.165 e. The van der Waals surface area contributed by atoms with E-state index in [2.05, 4.69) is 31.2 Å². The van der Waals surface area contributed by atoms with Gasteiger partial charge in [-0.15, -0.1) is 11.8 Å². The zero-order valence-electron chi connectivity index (χ0n) is 13.1. The summed E-state index contributed by atoms with van der Waals surface area (Å²) < 4.78 is 0.702. The van der Waals surface area contributed by atoms with Crippen molar-refractivity contribution in [2.75, 3.05) is 11.9 Å². The Morgan fingerprint density at radius 1 is 1.24 bits per heavy atom. The lowest BCUT2D eigenvalue weighted by Gasteiger charge is -2.16. The quantitative estimate of drug-likeness (QED) is 0.659. The van der Waals surface area contributed by atoms with Crippen LogP contribution < -0.4 is 15.9 Å². The molecule has 0 saturated carbocycles. The molecule has 3 aliphatic rings. The minimum atomic E-state index is 0.0808. The van der Waals surface area contributed by atoms with Gasteiger partial charge in [0.05, 0.1) is 20.9 Å². The number of aromatic hydroxyl groups is 2. The van der Waals surface area contributed by atoms with E-state index < -0.39 is 0 Å². The SMILES string of the molecule is Oc1cc2c(cc1Br)C[C@@H](Nc1cc3c4c(c1O)N=CC=4CCN=3)S2. The number of hydrogen-bond acceptors (Lipinski definition) is 6. The zero-order valence-corrected chi connectivity index (χ0v) is 15.5. The van der Waals surface area contributed by atoms with Crippen LogP contribution in [-0.2, 0) is 6.42 Å². The topological polar surface area (TPSA) is 77.2 Å². The molecule has 7 heteroatoms. The van der Waals surface area contributed by atoms with Crippen molar-refractivity contribution in [3.63, 3.8) is 0 Å². The van der Waals surface area contributed by atoms with Crippen molar-refractivity contribution >= 4 is 50.9 Å². The highest BCUT2D eigenvalue weighted by molar-refractivity contribution is 9.10. The molecule has 25 heavy (non-hydrogen) atoms. The molecular formula is C18H14BrN3O2S. The van der Waals surface area contributed by atoms with Crippen molar-refractivity contribution < 1.29 is 10.2 Å². The molecule has 0 aromatic heterocycles. The molecule has 0 bridgehead atoms. The van der Waals surface area contributed by atoms with Gasteiger partial charge in [0.25, 0.3) is 0 Å². The van der Waals surface area contributed by atoms with Crippen molar-refractivity contribution in [1.82, 2.24) is 0 Å². The summed E-state index contributed by atoms with van der Waals surface area (Å²) in [5.74, 6) is 0.426. The maximum absolute atomic E-state index is 10.6. The third-order valence-corrected chi connectivity index (χ3v) is 6.55. The molecule has 3 aliphatic heterocycles. The highest BCUT2D eigenvalue weighted by Crippen LogP contribution is 2.43. The number of anilines is 1. The normalized spacial score (nSPS) is 19.6. The number of hydrogen-bond donors (Lipinski definition) is 3. The molecule has 0 fully saturated rings. The van der Waals surface area contributed by atoms with E-state index in [-0.39, 0.29) is 16.9 Å². The summed E-state index contributed by atoms with van der Waals surface area (Å²) in [5, 5.41) is 25.9. The van der Waals surface area contributed by atoms with Crippen LogP contribution in [0.1, 0.15) is 12.0 Å². The molecule has 0 radical (unpaired) electrons. The lowest BCUT2D eigenvalue weighted by atomic mass is 10.1. The highest BCUT2D eigenvalue weighted by atomic mass is 79.9. The Kier molecular flexibility index (Phi) is 3.36. The Morgan fingerprint density at radius 2 is 2.12 bits per heavy atom. The number of benzene rings is 2. The number of thioether (sulfide) groups is 1. The monoisotopic (exact) mass is 415 g/mol. The Hall–Kier alpha value is -1.99. The molecule has 5 nitrogen and oxygen atoms in total. The van der Waals surface area contributed by atoms with Gasteiger partial charge in [0.15, 0.2) is 5.75 Å². The summed E-state index contributed by atoms with van der Waals surface area (Å²) >= 11 is 5.01. The van der Waals surface area contributed by atoms with E-state index in [4.69, 9.17) is 0 Å². The van der Waals surface area contributed by atoms with Gasteiger partial charge in [-0.25, -0.2) is 0 Å². The van der Waals surface area contributed by atoms with Crippen LogP contribution in [0.25, 0.3) is 5.57 Å². The summed E-state index contributed by atoms with van der Waals surface area (Å²) in [4.78, 5) is 10.0. The fourth-order valence-electron chi connectivity index (χ4n) is 3.52. The Morgan fingerprint density at radius 3 is 3.00 bits per heavy atom. The lowest BCUT2D eigenvalue weighted by molar-refractivity contribution is 0.470. The number of nitrogens with zero attached hydrogens (tertiary/aromatic N) is 2. The molecule has 5 rings (SSSR count). The third-order valence-electron chi connectivity index (χ3n) is 4.71. The van der Waals surface area contributed by atoms with Gasteiger partial charge < -0.3 is 15.5 Å². The third kappa shape index (κ3) is 2.37. The van der Waals surface area contributed by atoms with Crippen molar-refractivity contribution in [3.05, 3.63) is 38.8 Å². The molecule has 0 amide bonds. The van der Waals surface area contributed by atoms with Crippen molar-refractivity contribution in [1.29, 1.82) is 0 Å². The molecule has 0 spiro atoms. The van der Waals surface area contributed by atoms with Crippen LogP contribution in [0.4, 0.5) is 11.4 Å². The van der Waals surface area contributed by atoms with Crippen molar-refractivity contribution in [2.45, 2.75) is 23.1 Å². The van der Waals surface area contributed by atoms with E-state index >= 15 is 0 Å². The average Bonchev–Trinajstić information content (AvgIpc) is 3.18. The summed E-state index contributed by atoms with van der Waals surface area (Å²) in [6.07, 6.45) is 3.53. The Balaban J connectivity index is 1.50. The van der Waals surface area contributed by atoms with Crippen LogP contribution in [0, 0.1) is 0 Å². The second kappa shape index (κ2) is 5.51. The second-order valence-electron chi connectivity index (χ2n) is 6.30. The summed E-state index contributed by atoms with van der Waals surface area (Å²) in [7, 11) is 0. The van der Waals surface area contributed by atoms with Crippen LogP contribution in [0.2, 0.25) is 0 Å². The number of phenolic OH excluding ortho intramolecular Hbond substituents is 2. The first-order valence-electron chi connectivity index (χ1n) is 8.02. The molecule has 126 valence electrons. The maximum atomic E-state index is 10.6. The van der Waals surface area contributed by atoms with E-state index in [1.54, 1.807) is 17.8 Å². The van der Waals surface area contributed by atoms with E-state index in [0.29, 0.717) is 15.8 Å². The van der Waals surface area contributed by atoms with Crippen LogP contribution in [0.15, 0.2) is 37.6 Å². The zero-order chi connectivity index (χ0) is 17.1. The van der Waals surface area contributed by atoms with Crippen molar-refractivity contribution in [2.24, 2.45) is 9.98 Å². The van der Waals surface area contributed by atoms with Crippen LogP contribution >= 0.6 is 27.7 Å². The number of halogens is 1. The average molecular weight is 416 g/mol. The number of fused-ring (bicyclic) bond motifs is 1. The van der Waals surface area contributed by atoms with Gasteiger partial charge in [0, 0.05) is 29.3 Å². The molecule has 0 unspecified atom stereocenters. The molecule has 2 aromatic carbocycles. The molecule has 2 aromatic rings. The number of nitrogens with one attached hydrogen (secondary N) is 1. The van der Waals surface area contributed by atoms with Gasteiger partial charge in [-0.05, 0) is 51.7 Å². The first kappa shape index (κ1) is 15.3. The molecular weight excluding hydrogens is 402 g/mol. The molecule has 3 N–H and O–H groups in total. The highest BCUT2D eigenvalue weighted by Gasteiger charge is 2.26. The Labute approximate surface area is 156 Å². The minimum absolute atomic E-state index is 0.0808. The number of rotatable bonds is 2. The second-order valence-corrected chi connectivity index (χ2v) is 8.40. The number of phenols is 2. The predicted octanol–water partition coefficient (Wildman–Crippen LogP) is 2.84. The van der Waals surface area contributed by atoms with Gasteiger partial charge in [-0.3, -0.25) is 9.98 Å². The maximum Gasteiger partial charge on any atom is 0.165 e. The lowest BCUT2D eigenvalue weighted by Crippen LogP contribution is -2.31. The van der Waals surface area contributed by atoms with Crippen LogP contribution in [-0.4, -0.2) is 28.3 Å². The van der Waals surface area contributed by atoms with Gasteiger partial charge in [-0.1, -0.05) is 0 Å². The number of aliphatic imine (C=N–C) groups is 1. The van der Waals surface area contributed by atoms with Crippen LogP contribution in [0.5, 0.6) is 11.5 Å². The predicted molar refractivity (Wildman–Crippen MR) is 103 cm³/mol. The summed E-state index contributed by atoms with van der Waals surface area (Å²) in [6.45, 7) is 0.759. The van der Waals surface area contributed by atoms with Crippen molar-refractivity contribution in [3.8, 4) is 11.5 Å². The van der Waals surface area contributed by atoms with Gasteiger partial charge >= 0.3 is 0 Å². The summed E-state index contributed by atoms with van der Waals surface area (Å²) in [6, 6.07) is 5.64. The fourth-order valence-corrected chi connectivity index (χ4v) is 5.14. The first-order chi connectivity index (χ1) is 12.1. The summed E-state index contributed by atoms with van der Waals surface area (Å²) in [5.41, 5.74) is 3.61. The molecule has 0 aliphatic carbocycles. The Bertz CT molecular complexity index is 1050. The van der Waals surface area contributed by atoms with Gasteiger partial charge in [-0.2, -0.15) is 0 Å². The van der Waals surface area contributed by atoms with E-state index in [1.807, 2.05) is 18.3 Å². The largest absolute Gasteiger partial charge is 0.507 e. The first-order valence-corrected chi connectivity index (χ1v) is 9.70. The van der Waals surface area contributed by atoms with Gasteiger partial charge in [0.1, 0.15) is 11.4 Å². The van der Waals surface area contributed by atoms with Crippen LogP contribution in [0.3, 0.4) is 0 Å². The van der Waals surface area contributed by atoms with E-state index in [1.165, 1.54) is 5.56 Å². The van der Waals surface area contributed by atoms with E-state index in [9.17, 15) is 10.2 Å². The fraction of sp³-hybridized carbons (Fsp3) is 0.222. The molecule has 3 heterocycles. The molecule has 0 saturated heterocycles. The van der Waals surface area contributed by atoms with E-state index in [0.717, 1.165) is 40.4 Å². The standard InChI is InChI=1S/C18H14BrN3O2S/c19-10-3-9-4-15(25-14(9)6-13(10)23)22-12-5-11-16-8(1-2-20-11)7-21-17(16)18(12)24/h3,5-7,15,22-24H,1-2,4H2/t15-/m0/s1. The minimum Gasteiger partial charge on any atom is -0.507 e. The van der Waals surface area contributed by atoms with Gasteiger partial charge in [0.2, 0.25) is 0 Å². The molecule has 1 atom stereocenters.